The summed E-state index contributed by atoms with van der Waals surface area (Å²) >= 11 is 0. The van der Waals surface area contributed by atoms with E-state index in [0.29, 0.717) is 19.5 Å². The number of anilines is 1. The molecule has 2 amide bonds. The Bertz CT molecular complexity index is 589. The Hall–Kier alpha value is -1.88. The number of hydrogen-bond acceptors (Lipinski definition) is 3. The van der Waals surface area contributed by atoms with Gasteiger partial charge in [0.1, 0.15) is 0 Å². The topological polar surface area (TPSA) is 52.7 Å². The van der Waals surface area contributed by atoms with Gasteiger partial charge in [0.15, 0.2) is 0 Å². The molecule has 5 nitrogen and oxygen atoms in total. The molecule has 0 bridgehead atoms. The molecule has 1 atom stereocenters. The molecule has 1 aromatic carbocycles. The van der Waals surface area contributed by atoms with E-state index in [-0.39, 0.29) is 17.7 Å². The first kappa shape index (κ1) is 17.5. The molecule has 1 aromatic rings. The molecule has 1 fully saturated rings. The van der Waals surface area contributed by atoms with Gasteiger partial charge in [-0.1, -0.05) is 17.7 Å². The number of benzene rings is 1. The third kappa shape index (κ3) is 3.72. The minimum atomic E-state index is -0.246. The quantitative estimate of drug-likeness (QED) is 0.898. The lowest BCUT2D eigenvalue weighted by Crippen LogP contribution is -2.38. The number of carbonyl (C=O) groups is 2. The maximum absolute atomic E-state index is 12.5. The minimum Gasteiger partial charge on any atom is -0.344 e. The Kier molecular flexibility index (Phi) is 5.42. The van der Waals surface area contributed by atoms with Crippen molar-refractivity contribution in [1.82, 2.24) is 10.2 Å². The molecular formula is C18H27N3O2. The van der Waals surface area contributed by atoms with Crippen molar-refractivity contribution >= 4 is 17.5 Å². The standard InChI is InChI=1S/C18H27N3O2/c1-12-8-13(2)17(14(3)9-12)21-11-15(10-16(21)22)18(23)20(5)7-6-19-4/h8-9,15,19H,6-7,10-11H2,1-5H3. The minimum absolute atomic E-state index is 0.0421. The number of nitrogens with one attached hydrogen (secondary N) is 1. The number of hydrogen-bond donors (Lipinski definition) is 1. The largest absolute Gasteiger partial charge is 0.344 e. The average molecular weight is 317 g/mol. The average Bonchev–Trinajstić information content (AvgIpc) is 2.85. The van der Waals surface area contributed by atoms with E-state index in [0.717, 1.165) is 23.4 Å². The molecule has 0 aromatic heterocycles. The lowest BCUT2D eigenvalue weighted by Gasteiger charge is -2.23. The molecule has 1 aliphatic heterocycles. The van der Waals surface area contributed by atoms with Gasteiger partial charge in [0.2, 0.25) is 11.8 Å². The van der Waals surface area contributed by atoms with Gasteiger partial charge in [-0.2, -0.15) is 0 Å². The van der Waals surface area contributed by atoms with Crippen LogP contribution in [0.25, 0.3) is 0 Å². The number of carbonyl (C=O) groups excluding carboxylic acids is 2. The summed E-state index contributed by atoms with van der Waals surface area (Å²) in [6, 6.07) is 4.17. The highest BCUT2D eigenvalue weighted by atomic mass is 16.2. The van der Waals surface area contributed by atoms with Gasteiger partial charge in [0.25, 0.3) is 0 Å². The molecule has 1 heterocycles. The van der Waals surface area contributed by atoms with Gasteiger partial charge in [0, 0.05) is 38.8 Å². The first-order chi connectivity index (χ1) is 10.8. The van der Waals surface area contributed by atoms with Crippen molar-refractivity contribution in [2.75, 3.05) is 38.6 Å². The summed E-state index contributed by atoms with van der Waals surface area (Å²) in [5, 5.41) is 3.04. The Morgan fingerprint density at radius 3 is 2.48 bits per heavy atom. The van der Waals surface area contributed by atoms with Crippen LogP contribution in [0.3, 0.4) is 0 Å². The second-order valence-corrected chi connectivity index (χ2v) is 6.52. The first-order valence-corrected chi connectivity index (χ1v) is 8.13. The zero-order valence-corrected chi connectivity index (χ0v) is 14.8. The Morgan fingerprint density at radius 1 is 1.30 bits per heavy atom. The second kappa shape index (κ2) is 7.13. The fourth-order valence-corrected chi connectivity index (χ4v) is 3.39. The van der Waals surface area contributed by atoms with E-state index >= 15 is 0 Å². The van der Waals surface area contributed by atoms with Gasteiger partial charge < -0.3 is 15.1 Å². The summed E-state index contributed by atoms with van der Waals surface area (Å²) in [7, 11) is 3.66. The molecule has 1 aliphatic rings. The van der Waals surface area contributed by atoms with Crippen molar-refractivity contribution < 1.29 is 9.59 Å². The molecule has 0 aliphatic carbocycles. The van der Waals surface area contributed by atoms with E-state index in [4.69, 9.17) is 0 Å². The van der Waals surface area contributed by atoms with Crippen LogP contribution in [0.4, 0.5) is 5.69 Å². The highest BCUT2D eigenvalue weighted by Gasteiger charge is 2.37. The maximum atomic E-state index is 12.5. The third-order valence-electron chi connectivity index (χ3n) is 4.45. The molecule has 0 saturated carbocycles. The van der Waals surface area contributed by atoms with Gasteiger partial charge in [-0.05, 0) is 38.9 Å². The van der Waals surface area contributed by atoms with Crippen molar-refractivity contribution in [3.63, 3.8) is 0 Å². The van der Waals surface area contributed by atoms with Crippen LogP contribution in [0.5, 0.6) is 0 Å². The number of amides is 2. The van der Waals surface area contributed by atoms with Crippen molar-refractivity contribution in [3.05, 3.63) is 28.8 Å². The molecule has 0 spiro atoms. The second-order valence-electron chi connectivity index (χ2n) is 6.52. The van der Waals surface area contributed by atoms with E-state index < -0.39 is 0 Å². The summed E-state index contributed by atoms with van der Waals surface area (Å²) in [5.74, 6) is -0.150. The zero-order chi connectivity index (χ0) is 17.1. The molecule has 0 radical (unpaired) electrons. The smallest absolute Gasteiger partial charge is 0.227 e. The molecule has 126 valence electrons. The van der Waals surface area contributed by atoms with Crippen molar-refractivity contribution in [2.24, 2.45) is 5.92 Å². The molecule has 2 rings (SSSR count). The van der Waals surface area contributed by atoms with Crippen LogP contribution in [-0.2, 0) is 9.59 Å². The van der Waals surface area contributed by atoms with Crippen molar-refractivity contribution in [2.45, 2.75) is 27.2 Å². The van der Waals surface area contributed by atoms with Gasteiger partial charge in [-0.15, -0.1) is 0 Å². The van der Waals surface area contributed by atoms with Crippen LogP contribution in [0, 0.1) is 26.7 Å². The lowest BCUT2D eigenvalue weighted by molar-refractivity contribution is -0.134. The Morgan fingerprint density at radius 2 is 1.91 bits per heavy atom. The molecule has 1 saturated heterocycles. The van der Waals surface area contributed by atoms with Crippen molar-refractivity contribution in [3.8, 4) is 0 Å². The highest BCUT2D eigenvalue weighted by Crippen LogP contribution is 2.32. The van der Waals surface area contributed by atoms with Gasteiger partial charge in [-0.25, -0.2) is 0 Å². The number of likely N-dealkylation sites (N-methyl/N-ethyl adjacent to an activating group) is 2. The van der Waals surface area contributed by atoms with Crippen LogP contribution in [0.2, 0.25) is 0 Å². The van der Waals surface area contributed by atoms with Crippen LogP contribution < -0.4 is 10.2 Å². The predicted octanol–water partition coefficient (Wildman–Crippen LogP) is 1.64. The van der Waals surface area contributed by atoms with E-state index in [1.165, 1.54) is 5.56 Å². The number of aryl methyl sites for hydroxylation is 3. The molecule has 23 heavy (non-hydrogen) atoms. The molecule has 5 heteroatoms. The van der Waals surface area contributed by atoms with E-state index in [9.17, 15) is 9.59 Å². The van der Waals surface area contributed by atoms with Crippen LogP contribution in [0.15, 0.2) is 12.1 Å². The third-order valence-corrected chi connectivity index (χ3v) is 4.45. The van der Waals surface area contributed by atoms with Gasteiger partial charge >= 0.3 is 0 Å². The summed E-state index contributed by atoms with van der Waals surface area (Å²) in [6.45, 7) is 7.99. The fraction of sp³-hybridized carbons (Fsp3) is 0.556. The van der Waals surface area contributed by atoms with Crippen LogP contribution in [-0.4, -0.2) is 50.4 Å². The molecular weight excluding hydrogens is 290 g/mol. The predicted molar refractivity (Wildman–Crippen MR) is 92.7 cm³/mol. The fourth-order valence-electron chi connectivity index (χ4n) is 3.39. The maximum Gasteiger partial charge on any atom is 0.227 e. The first-order valence-electron chi connectivity index (χ1n) is 8.13. The number of rotatable bonds is 5. The summed E-state index contributed by atoms with van der Waals surface area (Å²) < 4.78 is 0. The van der Waals surface area contributed by atoms with Crippen molar-refractivity contribution in [1.29, 1.82) is 0 Å². The highest BCUT2D eigenvalue weighted by molar-refractivity contribution is 6.01. The van der Waals surface area contributed by atoms with E-state index in [2.05, 4.69) is 24.4 Å². The number of nitrogens with zero attached hydrogens (tertiary/aromatic N) is 2. The van der Waals surface area contributed by atoms with Crippen LogP contribution in [0.1, 0.15) is 23.1 Å². The lowest BCUT2D eigenvalue weighted by atomic mass is 10.0. The zero-order valence-electron chi connectivity index (χ0n) is 14.8. The van der Waals surface area contributed by atoms with Gasteiger partial charge in [-0.3, -0.25) is 9.59 Å². The van der Waals surface area contributed by atoms with Gasteiger partial charge in [0.05, 0.1) is 5.92 Å². The summed E-state index contributed by atoms with van der Waals surface area (Å²) in [5.41, 5.74) is 4.34. The van der Waals surface area contributed by atoms with E-state index in [1.807, 2.05) is 20.9 Å². The van der Waals surface area contributed by atoms with Crippen LogP contribution >= 0.6 is 0 Å². The summed E-state index contributed by atoms with van der Waals surface area (Å²) in [4.78, 5) is 28.5. The monoisotopic (exact) mass is 317 g/mol. The molecule has 1 N–H and O–H groups in total. The van der Waals surface area contributed by atoms with E-state index in [1.54, 1.807) is 16.8 Å². The Balaban J connectivity index is 2.16. The summed E-state index contributed by atoms with van der Waals surface area (Å²) in [6.07, 6.45) is 0.301. The molecule has 1 unspecified atom stereocenters. The SMILES string of the molecule is CNCCN(C)C(=O)C1CC(=O)N(c2c(C)cc(C)cc2C)C1. The Labute approximate surface area is 138 Å². The normalized spacial score (nSPS) is 17.7.